The summed E-state index contributed by atoms with van der Waals surface area (Å²) < 4.78 is 0. The van der Waals surface area contributed by atoms with Gasteiger partial charge in [-0.15, -0.1) is 0 Å². The van der Waals surface area contributed by atoms with Crippen LogP contribution in [-0.2, 0) is 6.42 Å². The van der Waals surface area contributed by atoms with Crippen molar-refractivity contribution in [2.45, 2.75) is 12.5 Å². The second-order valence-electron chi connectivity index (χ2n) is 7.79. The standard InChI is InChI=1S/C27H24N4O/c32-26(23-18-31-24-9-5-4-8-22(23)24)25(20-6-2-1-3-7-20)28-15-14-19-10-12-21(13-11-19)27-29-16-17-30-27/h1-13,16-18,25,28,31H,14-15H2,(H,29,30)/t25-/m0/s1. The number of carbonyl (C=O) groups excluding carboxylic acids is 1. The minimum absolute atomic E-state index is 0.0711. The van der Waals surface area contributed by atoms with Gasteiger partial charge in [0, 0.05) is 47.2 Å². The normalized spacial score (nSPS) is 12.1. The molecule has 5 aromatic rings. The van der Waals surface area contributed by atoms with Gasteiger partial charge in [-0.25, -0.2) is 4.98 Å². The van der Waals surface area contributed by atoms with Gasteiger partial charge in [0.15, 0.2) is 5.78 Å². The molecule has 158 valence electrons. The summed E-state index contributed by atoms with van der Waals surface area (Å²) in [6, 6.07) is 25.8. The summed E-state index contributed by atoms with van der Waals surface area (Å²) in [5.74, 6) is 0.935. The monoisotopic (exact) mass is 420 g/mol. The van der Waals surface area contributed by atoms with Gasteiger partial charge in [0.25, 0.3) is 0 Å². The van der Waals surface area contributed by atoms with Crippen molar-refractivity contribution in [2.75, 3.05) is 6.54 Å². The highest BCUT2D eigenvalue weighted by molar-refractivity contribution is 6.10. The molecule has 1 atom stereocenters. The lowest BCUT2D eigenvalue weighted by atomic mass is 9.96. The lowest BCUT2D eigenvalue weighted by molar-refractivity contribution is 0.0945. The van der Waals surface area contributed by atoms with Crippen LogP contribution in [0.15, 0.2) is 97.5 Å². The fraction of sp³-hybridized carbons (Fsp3) is 0.111. The maximum Gasteiger partial charge on any atom is 0.186 e. The first kappa shape index (κ1) is 20.0. The predicted molar refractivity (Wildman–Crippen MR) is 128 cm³/mol. The number of aromatic nitrogens is 3. The van der Waals surface area contributed by atoms with E-state index < -0.39 is 6.04 Å². The Morgan fingerprint density at radius 3 is 2.47 bits per heavy atom. The summed E-state index contributed by atoms with van der Waals surface area (Å²) in [6.07, 6.45) is 6.21. The van der Waals surface area contributed by atoms with E-state index in [1.807, 2.05) is 67.0 Å². The van der Waals surface area contributed by atoms with Crippen LogP contribution in [0.25, 0.3) is 22.3 Å². The molecular formula is C27H24N4O. The molecule has 5 nitrogen and oxygen atoms in total. The van der Waals surface area contributed by atoms with E-state index in [-0.39, 0.29) is 5.78 Å². The van der Waals surface area contributed by atoms with Crippen molar-refractivity contribution >= 4 is 16.7 Å². The van der Waals surface area contributed by atoms with Crippen molar-refractivity contribution in [3.8, 4) is 11.4 Å². The molecular weight excluding hydrogens is 396 g/mol. The Morgan fingerprint density at radius 1 is 0.906 bits per heavy atom. The van der Waals surface area contributed by atoms with Gasteiger partial charge in [0.05, 0.1) is 6.04 Å². The number of rotatable bonds is 8. The van der Waals surface area contributed by atoms with Gasteiger partial charge >= 0.3 is 0 Å². The highest BCUT2D eigenvalue weighted by Crippen LogP contribution is 2.25. The fourth-order valence-corrected chi connectivity index (χ4v) is 4.05. The highest BCUT2D eigenvalue weighted by atomic mass is 16.1. The van der Waals surface area contributed by atoms with Gasteiger partial charge in [-0.05, 0) is 23.6 Å². The lowest BCUT2D eigenvalue weighted by Gasteiger charge is -2.18. The molecule has 0 unspecified atom stereocenters. The van der Waals surface area contributed by atoms with E-state index in [0.29, 0.717) is 12.1 Å². The number of benzene rings is 3. The maximum absolute atomic E-state index is 13.5. The van der Waals surface area contributed by atoms with Crippen molar-refractivity contribution in [3.05, 3.63) is 114 Å². The molecule has 0 aliphatic heterocycles. The van der Waals surface area contributed by atoms with Crippen LogP contribution in [-0.4, -0.2) is 27.3 Å². The Kier molecular flexibility index (Phi) is 5.64. The molecule has 0 aliphatic rings. The van der Waals surface area contributed by atoms with Crippen LogP contribution < -0.4 is 5.32 Å². The number of imidazole rings is 1. The van der Waals surface area contributed by atoms with Gasteiger partial charge in [0.1, 0.15) is 5.82 Å². The number of ketones is 1. The van der Waals surface area contributed by atoms with Crippen molar-refractivity contribution in [3.63, 3.8) is 0 Å². The largest absolute Gasteiger partial charge is 0.360 e. The van der Waals surface area contributed by atoms with Crippen molar-refractivity contribution < 1.29 is 4.79 Å². The molecule has 0 amide bonds. The third-order valence-electron chi connectivity index (χ3n) is 5.74. The number of aromatic amines is 2. The molecule has 0 radical (unpaired) electrons. The molecule has 0 saturated carbocycles. The van der Waals surface area contributed by atoms with Crippen LogP contribution in [0, 0.1) is 0 Å². The Bertz CT molecular complexity index is 1310. The van der Waals surface area contributed by atoms with E-state index in [0.717, 1.165) is 34.3 Å². The second-order valence-corrected chi connectivity index (χ2v) is 7.79. The maximum atomic E-state index is 13.5. The molecule has 0 saturated heterocycles. The van der Waals surface area contributed by atoms with E-state index in [2.05, 4.69) is 44.5 Å². The summed E-state index contributed by atoms with van der Waals surface area (Å²) in [6.45, 7) is 0.688. The zero-order valence-corrected chi connectivity index (χ0v) is 17.6. The van der Waals surface area contributed by atoms with Crippen LogP contribution >= 0.6 is 0 Å². The number of hydrogen-bond acceptors (Lipinski definition) is 3. The number of fused-ring (bicyclic) bond motifs is 1. The molecule has 3 N–H and O–H groups in total. The number of carbonyl (C=O) groups is 1. The smallest absolute Gasteiger partial charge is 0.186 e. The third kappa shape index (κ3) is 4.11. The van der Waals surface area contributed by atoms with E-state index >= 15 is 0 Å². The van der Waals surface area contributed by atoms with E-state index in [4.69, 9.17) is 0 Å². The van der Waals surface area contributed by atoms with Crippen molar-refractivity contribution in [2.24, 2.45) is 0 Å². The third-order valence-corrected chi connectivity index (χ3v) is 5.74. The summed E-state index contributed by atoms with van der Waals surface area (Å²) in [5, 5.41) is 4.45. The molecule has 2 aromatic heterocycles. The first-order valence-electron chi connectivity index (χ1n) is 10.8. The van der Waals surface area contributed by atoms with Crippen molar-refractivity contribution in [1.82, 2.24) is 20.3 Å². The van der Waals surface area contributed by atoms with Crippen LogP contribution in [0.3, 0.4) is 0 Å². The quantitative estimate of drug-likeness (QED) is 0.298. The number of H-pyrrole nitrogens is 2. The Morgan fingerprint density at radius 2 is 1.69 bits per heavy atom. The number of hydrogen-bond donors (Lipinski definition) is 3. The second kappa shape index (κ2) is 9.04. The number of nitrogens with zero attached hydrogens (tertiary/aromatic N) is 1. The van der Waals surface area contributed by atoms with Gasteiger partial charge in [-0.1, -0.05) is 72.8 Å². The van der Waals surface area contributed by atoms with E-state index in [1.165, 1.54) is 5.56 Å². The first-order valence-corrected chi connectivity index (χ1v) is 10.8. The number of nitrogens with one attached hydrogen (secondary N) is 3. The Balaban J connectivity index is 1.32. The Labute approximate surface area is 186 Å². The molecule has 0 fully saturated rings. The fourth-order valence-electron chi connectivity index (χ4n) is 4.05. The van der Waals surface area contributed by atoms with Gasteiger partial charge < -0.3 is 15.3 Å². The molecule has 2 heterocycles. The minimum Gasteiger partial charge on any atom is -0.360 e. The van der Waals surface area contributed by atoms with Gasteiger partial charge in [-0.2, -0.15) is 0 Å². The Hall–Kier alpha value is -3.96. The molecule has 5 rings (SSSR count). The average molecular weight is 421 g/mol. The summed E-state index contributed by atoms with van der Waals surface area (Å²) >= 11 is 0. The SMILES string of the molecule is O=C(c1c[nH]c2ccccc12)[C@@H](NCCc1ccc(-c2ncc[nH]2)cc1)c1ccccc1. The first-order chi connectivity index (χ1) is 15.8. The minimum atomic E-state index is -0.405. The van der Waals surface area contributed by atoms with E-state index in [9.17, 15) is 4.79 Å². The molecule has 0 bridgehead atoms. The predicted octanol–water partition coefficient (Wildman–Crippen LogP) is 5.31. The molecule has 5 heteroatoms. The van der Waals surface area contributed by atoms with Crippen molar-refractivity contribution in [1.29, 1.82) is 0 Å². The topological polar surface area (TPSA) is 73.6 Å². The number of para-hydroxylation sites is 1. The zero-order chi connectivity index (χ0) is 21.8. The summed E-state index contributed by atoms with van der Waals surface area (Å²) in [4.78, 5) is 24.2. The van der Waals surface area contributed by atoms with Crippen LogP contribution in [0.1, 0.15) is 27.5 Å². The molecule has 32 heavy (non-hydrogen) atoms. The average Bonchev–Trinajstić information content (AvgIpc) is 3.53. The van der Waals surface area contributed by atoms with Gasteiger partial charge in [0.2, 0.25) is 0 Å². The summed E-state index contributed by atoms with van der Waals surface area (Å²) in [5.41, 5.74) is 4.92. The van der Waals surface area contributed by atoms with E-state index in [1.54, 1.807) is 6.20 Å². The van der Waals surface area contributed by atoms with Crippen LogP contribution in [0.2, 0.25) is 0 Å². The zero-order valence-electron chi connectivity index (χ0n) is 17.6. The lowest BCUT2D eigenvalue weighted by Crippen LogP contribution is -2.30. The molecule has 3 aromatic carbocycles. The van der Waals surface area contributed by atoms with Crippen LogP contribution in [0.4, 0.5) is 0 Å². The number of Topliss-reactive ketones (excluding diaryl/α,β-unsaturated/α-hetero) is 1. The summed E-state index contributed by atoms with van der Waals surface area (Å²) in [7, 11) is 0. The van der Waals surface area contributed by atoms with Crippen LogP contribution in [0.5, 0.6) is 0 Å². The molecule has 0 spiro atoms. The molecule has 0 aliphatic carbocycles. The highest BCUT2D eigenvalue weighted by Gasteiger charge is 2.23. The van der Waals surface area contributed by atoms with Gasteiger partial charge in [-0.3, -0.25) is 4.79 Å².